The molecule has 0 aromatic heterocycles. The zero-order valence-electron chi connectivity index (χ0n) is 8.24. The lowest BCUT2D eigenvalue weighted by molar-refractivity contribution is 1.42. The molecule has 76 valence electrons. The Hall–Kier alpha value is -1.79. The van der Waals surface area contributed by atoms with E-state index < -0.39 is 0 Å². The van der Waals surface area contributed by atoms with Crippen LogP contribution in [0.2, 0.25) is 5.02 Å². The third-order valence-electron chi connectivity index (χ3n) is 1.84. The third kappa shape index (κ3) is 3.12. The third-order valence-corrected chi connectivity index (χ3v) is 2.17. The van der Waals surface area contributed by atoms with Crippen LogP contribution in [0.25, 0.3) is 5.57 Å². The lowest BCUT2D eigenvalue weighted by atomic mass is 10.1. The van der Waals surface area contributed by atoms with Crippen LogP contribution in [-0.4, -0.2) is 5.84 Å². The smallest absolute Gasteiger partial charge is 0.207 e. The van der Waals surface area contributed by atoms with Crippen molar-refractivity contribution in [2.75, 3.05) is 0 Å². The van der Waals surface area contributed by atoms with Crippen molar-refractivity contribution in [1.82, 2.24) is 0 Å². The van der Waals surface area contributed by atoms with E-state index in [1.807, 2.05) is 25.1 Å². The minimum Gasteiger partial charge on any atom is -0.383 e. The van der Waals surface area contributed by atoms with Gasteiger partial charge in [-0.15, -0.1) is 0 Å². The van der Waals surface area contributed by atoms with Gasteiger partial charge in [-0.1, -0.05) is 29.8 Å². The van der Waals surface area contributed by atoms with Crippen LogP contribution in [0.5, 0.6) is 0 Å². The number of hydrogen-bond acceptors (Lipinski definition) is 2. The first kappa shape index (κ1) is 11.3. The Bertz CT molecular complexity index is 455. The van der Waals surface area contributed by atoms with Gasteiger partial charge in [0.1, 0.15) is 5.84 Å². The molecule has 0 unspecified atom stereocenters. The van der Waals surface area contributed by atoms with E-state index in [-0.39, 0.29) is 5.84 Å². The summed E-state index contributed by atoms with van der Waals surface area (Å²) in [6.07, 6.45) is 3.24. The quantitative estimate of drug-likeness (QED) is 0.472. The number of rotatable bonds is 2. The highest BCUT2D eigenvalue weighted by Crippen LogP contribution is 2.22. The highest BCUT2D eigenvalue weighted by atomic mass is 35.5. The monoisotopic (exact) mass is 219 g/mol. The van der Waals surface area contributed by atoms with E-state index in [1.54, 1.807) is 18.3 Å². The first-order chi connectivity index (χ1) is 7.15. The van der Waals surface area contributed by atoms with Gasteiger partial charge < -0.3 is 5.73 Å². The Balaban J connectivity index is 3.06. The molecule has 0 fully saturated rings. The average Bonchev–Trinajstić information content (AvgIpc) is 2.18. The molecule has 1 rings (SSSR count). The van der Waals surface area contributed by atoms with E-state index in [9.17, 15) is 0 Å². The number of nitrogens with zero attached hydrogens (tertiary/aromatic N) is 2. The zero-order chi connectivity index (χ0) is 11.3. The van der Waals surface area contributed by atoms with Gasteiger partial charge in [-0.3, -0.25) is 0 Å². The van der Waals surface area contributed by atoms with Crippen molar-refractivity contribution in [1.29, 1.82) is 5.26 Å². The summed E-state index contributed by atoms with van der Waals surface area (Å²) < 4.78 is 0. The number of halogens is 1. The molecule has 1 aromatic carbocycles. The fraction of sp³-hybridized carbons (Fsp3) is 0.0909. The number of benzene rings is 1. The normalized spacial score (nSPS) is 12.3. The molecule has 0 spiro atoms. The number of aliphatic imine (C=N–C) groups is 1. The highest BCUT2D eigenvalue weighted by Gasteiger charge is 2.01. The maximum absolute atomic E-state index is 8.30. The number of amidine groups is 1. The van der Waals surface area contributed by atoms with Gasteiger partial charge in [0.05, 0.1) is 0 Å². The molecule has 0 saturated carbocycles. The van der Waals surface area contributed by atoms with Gasteiger partial charge >= 0.3 is 0 Å². The Morgan fingerprint density at radius 2 is 2.20 bits per heavy atom. The number of nitrogens with two attached hydrogens (primary N) is 1. The van der Waals surface area contributed by atoms with Crippen molar-refractivity contribution in [2.24, 2.45) is 10.7 Å². The molecule has 0 radical (unpaired) electrons. The molecule has 0 bridgehead atoms. The largest absolute Gasteiger partial charge is 0.383 e. The summed E-state index contributed by atoms with van der Waals surface area (Å²) in [5.74, 6) is 0.176. The second-order valence-corrected chi connectivity index (χ2v) is 3.35. The number of nitriles is 1. The molecule has 0 atom stereocenters. The first-order valence-electron chi connectivity index (χ1n) is 4.30. The topological polar surface area (TPSA) is 62.2 Å². The van der Waals surface area contributed by atoms with Gasteiger partial charge in [-0.25, -0.2) is 0 Å². The van der Waals surface area contributed by atoms with E-state index >= 15 is 0 Å². The van der Waals surface area contributed by atoms with Crippen molar-refractivity contribution in [2.45, 2.75) is 6.92 Å². The highest BCUT2D eigenvalue weighted by molar-refractivity contribution is 6.32. The van der Waals surface area contributed by atoms with E-state index in [0.29, 0.717) is 5.02 Å². The second kappa shape index (κ2) is 5.18. The molecular weight excluding hydrogens is 210 g/mol. The van der Waals surface area contributed by atoms with Crippen LogP contribution >= 0.6 is 11.6 Å². The molecule has 0 saturated heterocycles. The molecule has 0 aliphatic heterocycles. The van der Waals surface area contributed by atoms with E-state index in [1.165, 1.54) is 0 Å². The molecule has 1 aromatic rings. The van der Waals surface area contributed by atoms with Crippen molar-refractivity contribution in [3.05, 3.63) is 40.9 Å². The molecule has 0 aliphatic rings. The summed E-state index contributed by atoms with van der Waals surface area (Å²) in [4.78, 5) is 3.40. The minimum atomic E-state index is 0.176. The predicted octanol–water partition coefficient (Wildman–Crippen LogP) is 2.58. The lowest BCUT2D eigenvalue weighted by Gasteiger charge is -2.03. The van der Waals surface area contributed by atoms with Crippen LogP contribution in [0.4, 0.5) is 0 Å². The van der Waals surface area contributed by atoms with E-state index in [0.717, 1.165) is 11.1 Å². The van der Waals surface area contributed by atoms with E-state index in [4.69, 9.17) is 22.6 Å². The molecule has 4 heteroatoms. The first-order valence-corrected chi connectivity index (χ1v) is 4.68. The van der Waals surface area contributed by atoms with Gasteiger partial charge in [0.25, 0.3) is 0 Å². The molecule has 2 N–H and O–H groups in total. The summed E-state index contributed by atoms with van der Waals surface area (Å²) in [7, 11) is 0. The molecule has 0 aliphatic carbocycles. The number of hydrogen-bond donors (Lipinski definition) is 1. The standard InChI is InChI=1S/C11H10ClN3/c1-8(6-11(14)15-7-13)9-4-2-3-5-10(9)12/h2-6H,1H3,(H2,14,15). The summed E-state index contributed by atoms with van der Waals surface area (Å²) in [5, 5.41) is 8.95. The average molecular weight is 220 g/mol. The molecule has 0 amide bonds. The van der Waals surface area contributed by atoms with Crippen LogP contribution in [0.1, 0.15) is 12.5 Å². The Morgan fingerprint density at radius 1 is 1.53 bits per heavy atom. The summed E-state index contributed by atoms with van der Waals surface area (Å²) in [6.45, 7) is 1.86. The predicted molar refractivity (Wildman–Crippen MR) is 62.3 cm³/mol. The van der Waals surface area contributed by atoms with Crippen molar-refractivity contribution < 1.29 is 0 Å². The maximum Gasteiger partial charge on any atom is 0.207 e. The SMILES string of the molecule is CC(=CC(N)=NC#N)c1ccccc1Cl. The Labute approximate surface area is 93.5 Å². The van der Waals surface area contributed by atoms with Crippen LogP contribution < -0.4 is 5.73 Å². The van der Waals surface area contributed by atoms with Crippen LogP contribution in [0.15, 0.2) is 35.3 Å². The van der Waals surface area contributed by atoms with Crippen molar-refractivity contribution >= 4 is 23.0 Å². The van der Waals surface area contributed by atoms with Gasteiger partial charge in [0.2, 0.25) is 6.19 Å². The molecule has 3 nitrogen and oxygen atoms in total. The van der Waals surface area contributed by atoms with Crippen LogP contribution in [0.3, 0.4) is 0 Å². The van der Waals surface area contributed by atoms with Crippen LogP contribution in [0, 0.1) is 11.5 Å². The molecule has 15 heavy (non-hydrogen) atoms. The van der Waals surface area contributed by atoms with Crippen molar-refractivity contribution in [3.8, 4) is 6.19 Å². The van der Waals surface area contributed by atoms with E-state index in [2.05, 4.69) is 4.99 Å². The van der Waals surface area contributed by atoms with Gasteiger partial charge in [0.15, 0.2) is 0 Å². The Kier molecular flexibility index (Phi) is 3.90. The van der Waals surface area contributed by atoms with Gasteiger partial charge in [-0.2, -0.15) is 10.3 Å². The second-order valence-electron chi connectivity index (χ2n) is 2.94. The summed E-state index contributed by atoms with van der Waals surface area (Å²) >= 11 is 5.99. The summed E-state index contributed by atoms with van der Waals surface area (Å²) in [5.41, 5.74) is 7.24. The number of allylic oxidation sites excluding steroid dienone is 1. The fourth-order valence-corrected chi connectivity index (χ4v) is 1.46. The zero-order valence-corrected chi connectivity index (χ0v) is 8.99. The van der Waals surface area contributed by atoms with Crippen LogP contribution in [-0.2, 0) is 0 Å². The van der Waals surface area contributed by atoms with Gasteiger partial charge in [-0.05, 0) is 30.2 Å². The minimum absolute atomic E-state index is 0.176. The lowest BCUT2D eigenvalue weighted by Crippen LogP contribution is -2.07. The Morgan fingerprint density at radius 3 is 2.80 bits per heavy atom. The molecular formula is C11H10ClN3. The molecule has 0 heterocycles. The maximum atomic E-state index is 8.30. The summed E-state index contributed by atoms with van der Waals surface area (Å²) in [6, 6.07) is 7.42. The van der Waals surface area contributed by atoms with Gasteiger partial charge in [0, 0.05) is 5.02 Å². The van der Waals surface area contributed by atoms with Crippen molar-refractivity contribution in [3.63, 3.8) is 0 Å². The fourth-order valence-electron chi connectivity index (χ4n) is 1.17.